The molecule has 6 heteroatoms. The Morgan fingerprint density at radius 2 is 1.68 bits per heavy atom. The van der Waals surface area contributed by atoms with Crippen LogP contribution >= 0.6 is 11.3 Å². The summed E-state index contributed by atoms with van der Waals surface area (Å²) in [6.45, 7) is -0.298. The Bertz CT molecular complexity index is 945. The predicted octanol–water partition coefficient (Wildman–Crippen LogP) is 2.06. The number of carbonyl (C=O) groups excluding carboxylic acids is 1. The fourth-order valence-electron chi connectivity index (χ4n) is 2.11. The molecule has 3 rings (SSSR count). The van der Waals surface area contributed by atoms with E-state index in [0.717, 1.165) is 15.9 Å². The van der Waals surface area contributed by atoms with Crippen molar-refractivity contribution in [1.29, 1.82) is 0 Å². The zero-order valence-corrected chi connectivity index (χ0v) is 12.3. The van der Waals surface area contributed by atoms with Gasteiger partial charge in [0.1, 0.15) is 6.54 Å². The molecule has 1 aromatic heterocycles. The van der Waals surface area contributed by atoms with Crippen molar-refractivity contribution in [2.45, 2.75) is 6.54 Å². The summed E-state index contributed by atoms with van der Waals surface area (Å²) in [5.74, 6) is -0.409. The Labute approximate surface area is 129 Å². The van der Waals surface area contributed by atoms with E-state index in [2.05, 4.69) is 5.32 Å². The number of hydrogen-bond acceptors (Lipinski definition) is 4. The molecule has 0 fully saturated rings. The smallest absolute Gasteiger partial charge is 0.311 e. The van der Waals surface area contributed by atoms with Crippen LogP contribution in [0.3, 0.4) is 0 Å². The normalized spacial score (nSPS) is 10.5. The number of hydrogen-bond donors (Lipinski definition) is 1. The summed E-state index contributed by atoms with van der Waals surface area (Å²) in [6, 6.07) is 15.8. The molecule has 1 N–H and O–H groups in total. The van der Waals surface area contributed by atoms with Gasteiger partial charge in [-0.2, -0.15) is 0 Å². The van der Waals surface area contributed by atoms with Crippen molar-refractivity contribution in [3.05, 3.63) is 74.6 Å². The topological polar surface area (TPSA) is 68.2 Å². The molecular formula is C16H12N2O3S. The first kappa shape index (κ1) is 14.2. The van der Waals surface area contributed by atoms with Crippen LogP contribution in [0.5, 0.6) is 0 Å². The highest BCUT2D eigenvalue weighted by molar-refractivity contribution is 7.16. The van der Waals surface area contributed by atoms with Crippen molar-refractivity contribution >= 4 is 33.0 Å². The maximum absolute atomic E-state index is 12.3. The van der Waals surface area contributed by atoms with E-state index in [4.69, 9.17) is 0 Å². The molecule has 2 aromatic carbocycles. The summed E-state index contributed by atoms with van der Waals surface area (Å²) < 4.78 is 1.59. The summed E-state index contributed by atoms with van der Waals surface area (Å²) in [6.07, 6.45) is 0. The van der Waals surface area contributed by atoms with Crippen molar-refractivity contribution in [3.63, 3.8) is 0 Å². The van der Waals surface area contributed by atoms with Crippen LogP contribution in [-0.2, 0) is 11.3 Å². The van der Waals surface area contributed by atoms with E-state index in [9.17, 15) is 14.4 Å². The monoisotopic (exact) mass is 312 g/mol. The molecule has 0 atom stereocenters. The van der Waals surface area contributed by atoms with Crippen molar-refractivity contribution in [1.82, 2.24) is 4.57 Å². The molecule has 22 heavy (non-hydrogen) atoms. The molecule has 0 unspecified atom stereocenters. The van der Waals surface area contributed by atoms with Crippen LogP contribution in [0.25, 0.3) is 10.1 Å². The fraction of sp³-hybridized carbons (Fsp3) is 0.0625. The zero-order valence-electron chi connectivity index (χ0n) is 11.5. The van der Waals surface area contributed by atoms with Gasteiger partial charge < -0.3 is 5.32 Å². The van der Waals surface area contributed by atoms with E-state index in [1.54, 1.807) is 48.5 Å². The Kier molecular flexibility index (Phi) is 3.84. The lowest BCUT2D eigenvalue weighted by molar-refractivity contribution is -0.116. The van der Waals surface area contributed by atoms with Crippen LogP contribution in [0.15, 0.2) is 64.2 Å². The van der Waals surface area contributed by atoms with Crippen LogP contribution < -0.4 is 15.7 Å². The summed E-state index contributed by atoms with van der Waals surface area (Å²) >= 11 is 0.958. The Morgan fingerprint density at radius 1 is 1.00 bits per heavy atom. The molecule has 0 saturated carbocycles. The van der Waals surface area contributed by atoms with E-state index in [1.807, 2.05) is 6.07 Å². The highest BCUT2D eigenvalue weighted by Crippen LogP contribution is 2.11. The molecule has 0 aliphatic rings. The highest BCUT2D eigenvalue weighted by atomic mass is 32.1. The number of rotatable bonds is 3. The summed E-state index contributed by atoms with van der Waals surface area (Å²) in [5, 5.41) is 3.10. The van der Waals surface area contributed by atoms with E-state index in [1.165, 1.54) is 0 Å². The van der Waals surface area contributed by atoms with E-state index in [0.29, 0.717) is 15.8 Å². The largest absolute Gasteiger partial charge is 0.325 e. The van der Waals surface area contributed by atoms with Gasteiger partial charge in [0.15, 0.2) is 0 Å². The molecule has 0 aliphatic carbocycles. The van der Waals surface area contributed by atoms with Gasteiger partial charge in [0.2, 0.25) is 5.91 Å². The first-order valence-corrected chi connectivity index (χ1v) is 7.44. The van der Waals surface area contributed by atoms with Crippen molar-refractivity contribution in [2.75, 3.05) is 5.32 Å². The second-order valence-electron chi connectivity index (χ2n) is 4.67. The summed E-state index contributed by atoms with van der Waals surface area (Å²) in [4.78, 5) is 35.9. The standard InChI is InChI=1S/C16H12N2O3S/c19-14(17-11-6-2-1-3-7-11)10-18-15(20)12-8-4-5-9-13(12)22-16(18)21/h1-9H,10H2,(H,17,19). The molecule has 0 spiro atoms. The van der Waals surface area contributed by atoms with Crippen LogP contribution in [-0.4, -0.2) is 10.5 Å². The first-order valence-electron chi connectivity index (χ1n) is 6.63. The lowest BCUT2D eigenvalue weighted by Gasteiger charge is -2.07. The van der Waals surface area contributed by atoms with Crippen molar-refractivity contribution in [3.8, 4) is 0 Å². The minimum Gasteiger partial charge on any atom is -0.325 e. The van der Waals surface area contributed by atoms with Crippen LogP contribution in [0.1, 0.15) is 0 Å². The van der Waals surface area contributed by atoms with Crippen molar-refractivity contribution in [2.24, 2.45) is 0 Å². The molecule has 0 bridgehead atoms. The number of carbonyl (C=O) groups is 1. The quantitative estimate of drug-likeness (QED) is 0.805. The number of benzene rings is 2. The summed E-state index contributed by atoms with van der Waals surface area (Å²) in [7, 11) is 0. The second-order valence-corrected chi connectivity index (χ2v) is 5.66. The number of para-hydroxylation sites is 1. The minimum atomic E-state index is -0.442. The Balaban J connectivity index is 1.92. The Morgan fingerprint density at radius 3 is 2.45 bits per heavy atom. The van der Waals surface area contributed by atoms with Gasteiger partial charge in [0.05, 0.1) is 5.39 Å². The van der Waals surface area contributed by atoms with Gasteiger partial charge in [0, 0.05) is 10.4 Å². The van der Waals surface area contributed by atoms with Crippen LogP contribution in [0, 0.1) is 0 Å². The highest BCUT2D eigenvalue weighted by Gasteiger charge is 2.11. The van der Waals surface area contributed by atoms with Gasteiger partial charge in [-0.3, -0.25) is 19.0 Å². The van der Waals surface area contributed by atoms with E-state index < -0.39 is 16.3 Å². The predicted molar refractivity (Wildman–Crippen MR) is 87.4 cm³/mol. The third-order valence-electron chi connectivity index (χ3n) is 3.14. The molecular weight excluding hydrogens is 300 g/mol. The average molecular weight is 312 g/mol. The molecule has 1 amide bonds. The number of amides is 1. The van der Waals surface area contributed by atoms with E-state index in [-0.39, 0.29) is 6.54 Å². The lowest BCUT2D eigenvalue weighted by Crippen LogP contribution is -2.35. The SMILES string of the molecule is O=C(Cn1c(=O)sc2ccccc2c1=O)Nc1ccccc1. The number of anilines is 1. The Hall–Kier alpha value is -2.73. The molecule has 110 valence electrons. The number of fused-ring (bicyclic) bond motifs is 1. The van der Waals surface area contributed by atoms with Gasteiger partial charge in [0.25, 0.3) is 5.56 Å². The molecule has 0 aliphatic heterocycles. The minimum absolute atomic E-state index is 0.298. The van der Waals surface area contributed by atoms with E-state index >= 15 is 0 Å². The third kappa shape index (κ3) is 2.82. The molecule has 0 saturated heterocycles. The molecule has 0 radical (unpaired) electrons. The maximum Gasteiger partial charge on any atom is 0.311 e. The second kappa shape index (κ2) is 5.95. The number of aromatic nitrogens is 1. The average Bonchev–Trinajstić information content (AvgIpc) is 2.52. The van der Waals surface area contributed by atoms with Gasteiger partial charge in [-0.25, -0.2) is 0 Å². The zero-order chi connectivity index (χ0) is 15.5. The van der Waals surface area contributed by atoms with Gasteiger partial charge >= 0.3 is 4.87 Å². The summed E-state index contributed by atoms with van der Waals surface area (Å²) in [5.41, 5.74) is 0.181. The molecule has 5 nitrogen and oxygen atoms in total. The van der Waals surface area contributed by atoms with Crippen LogP contribution in [0.2, 0.25) is 0 Å². The molecule has 1 heterocycles. The number of nitrogens with one attached hydrogen (secondary N) is 1. The molecule has 3 aromatic rings. The third-order valence-corrected chi connectivity index (χ3v) is 4.11. The lowest BCUT2D eigenvalue weighted by atomic mass is 10.3. The van der Waals surface area contributed by atoms with Gasteiger partial charge in [-0.1, -0.05) is 41.7 Å². The number of nitrogens with zero attached hydrogens (tertiary/aromatic N) is 1. The fourth-order valence-corrected chi connectivity index (χ4v) is 2.97. The van der Waals surface area contributed by atoms with Crippen LogP contribution in [0.4, 0.5) is 5.69 Å². The first-order chi connectivity index (χ1) is 10.6. The maximum atomic E-state index is 12.3. The van der Waals surface area contributed by atoms with Crippen molar-refractivity contribution < 1.29 is 4.79 Å². The van der Waals surface area contributed by atoms with Gasteiger partial charge in [-0.05, 0) is 24.3 Å². The van der Waals surface area contributed by atoms with Gasteiger partial charge in [-0.15, -0.1) is 0 Å².